The van der Waals surface area contributed by atoms with E-state index in [0.29, 0.717) is 49.7 Å². The number of hydrogen-bond acceptors (Lipinski definition) is 8. The molecule has 1 heterocycles. The lowest BCUT2D eigenvalue weighted by molar-refractivity contribution is 0.103. The van der Waals surface area contributed by atoms with Gasteiger partial charge in [0.2, 0.25) is 5.75 Å². The summed E-state index contributed by atoms with van der Waals surface area (Å²) in [7, 11) is 4.45. The van der Waals surface area contributed by atoms with E-state index >= 15 is 0 Å². The van der Waals surface area contributed by atoms with E-state index in [1.165, 1.54) is 38.9 Å². The van der Waals surface area contributed by atoms with Crippen LogP contribution in [0.4, 0.5) is 5.69 Å². The summed E-state index contributed by atoms with van der Waals surface area (Å²) in [4.78, 5) is 18.2. The second-order valence-electron chi connectivity index (χ2n) is 7.79. The van der Waals surface area contributed by atoms with Gasteiger partial charge in [-0.25, -0.2) is 4.98 Å². The number of nitriles is 1. The van der Waals surface area contributed by atoms with Crippen LogP contribution in [0.3, 0.4) is 0 Å². The summed E-state index contributed by atoms with van der Waals surface area (Å²) in [5, 5.41) is 15.7. The van der Waals surface area contributed by atoms with Crippen molar-refractivity contribution in [2.75, 3.05) is 26.6 Å². The average Bonchev–Trinajstić information content (AvgIpc) is 3.43. The number of benzene rings is 3. The predicted molar refractivity (Wildman–Crippen MR) is 153 cm³/mol. The van der Waals surface area contributed by atoms with Gasteiger partial charge in [-0.15, -0.1) is 11.3 Å². The molecule has 0 spiro atoms. The van der Waals surface area contributed by atoms with Gasteiger partial charge < -0.3 is 19.5 Å². The molecule has 7 nitrogen and oxygen atoms in total. The first-order valence-corrected chi connectivity index (χ1v) is 13.2. The number of thiazole rings is 1. The highest BCUT2D eigenvalue weighted by Gasteiger charge is 2.20. The van der Waals surface area contributed by atoms with Crippen LogP contribution < -0.4 is 19.5 Å². The number of ether oxygens (including phenoxy) is 3. The van der Waals surface area contributed by atoms with Crippen molar-refractivity contribution in [2.24, 2.45) is 0 Å². The first kappa shape index (κ1) is 27.2. The molecule has 4 aromatic rings. The average molecular weight is 611 g/mol. The molecule has 1 aromatic heterocycles. The fourth-order valence-corrected chi connectivity index (χ4v) is 4.87. The molecule has 0 unspecified atom stereocenters. The molecule has 0 aliphatic heterocycles. The van der Waals surface area contributed by atoms with Crippen molar-refractivity contribution in [3.63, 3.8) is 0 Å². The van der Waals surface area contributed by atoms with E-state index in [9.17, 15) is 10.1 Å². The Kier molecular flexibility index (Phi) is 8.69. The third-order valence-electron chi connectivity index (χ3n) is 5.52. The molecule has 0 radical (unpaired) electrons. The first-order valence-electron chi connectivity index (χ1n) is 11.1. The number of allylic oxidation sites excluding steroid dienone is 1. The van der Waals surface area contributed by atoms with Crippen LogP contribution in [0.1, 0.15) is 20.9 Å². The molecule has 0 amide bonds. The molecule has 0 bridgehead atoms. The van der Waals surface area contributed by atoms with E-state index in [2.05, 4.69) is 32.3 Å². The summed E-state index contributed by atoms with van der Waals surface area (Å²) < 4.78 is 17.1. The number of nitrogens with zero attached hydrogens (tertiary/aromatic N) is 2. The number of nitrogens with one attached hydrogen (secondary N) is 1. The Labute approximate surface area is 237 Å². The Balaban J connectivity index is 1.66. The second kappa shape index (κ2) is 12.1. The zero-order chi connectivity index (χ0) is 27.2. The lowest BCUT2D eigenvalue weighted by Crippen LogP contribution is -2.07. The second-order valence-corrected chi connectivity index (χ2v) is 10.0. The van der Waals surface area contributed by atoms with Crippen molar-refractivity contribution >= 4 is 55.9 Å². The summed E-state index contributed by atoms with van der Waals surface area (Å²) in [6.45, 7) is 0. The summed E-state index contributed by atoms with van der Waals surface area (Å²) in [6.07, 6.45) is 1.53. The van der Waals surface area contributed by atoms with Crippen LogP contribution in [-0.2, 0) is 0 Å². The maximum Gasteiger partial charge on any atom is 0.203 e. The number of carbonyl (C=O) groups is 1. The standard InChI is InChI=1S/C28H21BrClN3O4S/c1-35-24-10-17(11-25(36-2)27(24)37-3)26(34)21-12-20(30)8-9-22(21)32-14-18(13-31)28-33-23(15-38-28)16-4-6-19(29)7-5-16/h4-12,14-15,32H,1-3H3. The zero-order valence-electron chi connectivity index (χ0n) is 20.5. The van der Waals surface area contributed by atoms with Crippen molar-refractivity contribution in [2.45, 2.75) is 0 Å². The third-order valence-corrected chi connectivity index (χ3v) is 7.16. The number of rotatable bonds is 9. The maximum absolute atomic E-state index is 13.6. The number of aromatic nitrogens is 1. The van der Waals surface area contributed by atoms with Gasteiger partial charge in [-0.1, -0.05) is 39.7 Å². The smallest absolute Gasteiger partial charge is 0.203 e. The number of anilines is 1. The summed E-state index contributed by atoms with van der Waals surface area (Å²) in [5.74, 6) is 0.754. The van der Waals surface area contributed by atoms with Crippen molar-refractivity contribution in [1.82, 2.24) is 4.98 Å². The van der Waals surface area contributed by atoms with Crippen molar-refractivity contribution < 1.29 is 19.0 Å². The van der Waals surface area contributed by atoms with E-state index in [0.717, 1.165) is 15.7 Å². The minimum absolute atomic E-state index is 0.301. The van der Waals surface area contributed by atoms with Gasteiger partial charge in [-0.3, -0.25) is 4.79 Å². The van der Waals surface area contributed by atoms with Gasteiger partial charge >= 0.3 is 0 Å². The monoisotopic (exact) mass is 609 g/mol. The summed E-state index contributed by atoms with van der Waals surface area (Å²) in [5.41, 5.74) is 3.11. The van der Waals surface area contributed by atoms with Gasteiger partial charge in [-0.2, -0.15) is 5.26 Å². The Morgan fingerprint density at radius 2 is 1.74 bits per heavy atom. The SMILES string of the molecule is COc1cc(C(=O)c2cc(Cl)ccc2NC=C(C#N)c2nc(-c3ccc(Br)cc3)cs2)cc(OC)c1OC. The molecular formula is C28H21BrClN3O4S. The van der Waals surface area contributed by atoms with Crippen molar-refractivity contribution in [1.29, 1.82) is 5.26 Å². The highest BCUT2D eigenvalue weighted by atomic mass is 79.9. The van der Waals surface area contributed by atoms with E-state index in [1.54, 1.807) is 30.3 Å². The Bertz CT molecular complexity index is 1540. The topological polar surface area (TPSA) is 93.5 Å². The van der Waals surface area contributed by atoms with E-state index in [-0.39, 0.29) is 5.78 Å². The van der Waals surface area contributed by atoms with E-state index in [1.807, 2.05) is 29.6 Å². The van der Waals surface area contributed by atoms with Crippen LogP contribution >= 0.6 is 38.9 Å². The molecule has 1 N–H and O–H groups in total. The van der Waals surface area contributed by atoms with Crippen molar-refractivity contribution in [3.05, 3.63) is 91.8 Å². The molecule has 0 fully saturated rings. The molecule has 0 atom stereocenters. The van der Waals surface area contributed by atoms with Gasteiger partial charge in [0, 0.05) is 43.5 Å². The zero-order valence-corrected chi connectivity index (χ0v) is 23.7. The molecule has 3 aromatic carbocycles. The quantitative estimate of drug-likeness (QED) is 0.155. The summed E-state index contributed by atoms with van der Waals surface area (Å²) >= 11 is 11.0. The van der Waals surface area contributed by atoms with Gasteiger partial charge in [0.1, 0.15) is 16.6 Å². The normalized spacial score (nSPS) is 11.0. The molecule has 38 heavy (non-hydrogen) atoms. The third kappa shape index (κ3) is 5.83. The van der Waals surface area contributed by atoms with E-state index in [4.69, 9.17) is 25.8 Å². The van der Waals surface area contributed by atoms with E-state index < -0.39 is 0 Å². The van der Waals surface area contributed by atoms with Gasteiger partial charge in [0.05, 0.1) is 27.0 Å². The molecule has 0 saturated heterocycles. The molecule has 4 rings (SSSR count). The van der Waals surface area contributed by atoms with Crippen LogP contribution in [0.25, 0.3) is 16.8 Å². The fraction of sp³-hybridized carbons (Fsp3) is 0.107. The number of halogens is 2. The molecule has 192 valence electrons. The first-order chi connectivity index (χ1) is 18.4. The predicted octanol–water partition coefficient (Wildman–Crippen LogP) is 7.46. The van der Waals surface area contributed by atoms with Crippen LogP contribution in [-0.4, -0.2) is 32.1 Å². The number of carbonyl (C=O) groups excluding carboxylic acids is 1. The lowest BCUT2D eigenvalue weighted by Gasteiger charge is -2.15. The molecule has 0 aliphatic rings. The number of hydrogen-bond donors (Lipinski definition) is 1. The minimum Gasteiger partial charge on any atom is -0.493 e. The van der Waals surface area contributed by atoms with Crippen LogP contribution in [0.2, 0.25) is 5.02 Å². The fourth-order valence-electron chi connectivity index (χ4n) is 3.64. The minimum atomic E-state index is -0.326. The highest BCUT2D eigenvalue weighted by molar-refractivity contribution is 9.10. The number of ketones is 1. The highest BCUT2D eigenvalue weighted by Crippen LogP contribution is 2.39. The van der Waals surface area contributed by atoms with Crippen LogP contribution in [0, 0.1) is 11.3 Å². The number of methoxy groups -OCH3 is 3. The molecule has 0 aliphatic carbocycles. The molecule has 0 saturated carbocycles. The summed E-state index contributed by atoms with van der Waals surface area (Å²) in [6, 6.07) is 18.0. The van der Waals surface area contributed by atoms with Crippen LogP contribution in [0.15, 0.2) is 70.7 Å². The van der Waals surface area contributed by atoms with Gasteiger partial charge in [-0.05, 0) is 42.5 Å². The maximum atomic E-state index is 13.6. The lowest BCUT2D eigenvalue weighted by atomic mass is 10.0. The Morgan fingerprint density at radius 3 is 2.34 bits per heavy atom. The Morgan fingerprint density at radius 1 is 1.05 bits per heavy atom. The van der Waals surface area contributed by atoms with Gasteiger partial charge in [0.15, 0.2) is 17.3 Å². The largest absolute Gasteiger partial charge is 0.493 e. The van der Waals surface area contributed by atoms with Crippen molar-refractivity contribution in [3.8, 4) is 34.6 Å². The van der Waals surface area contributed by atoms with Gasteiger partial charge in [0.25, 0.3) is 0 Å². The molecular weight excluding hydrogens is 590 g/mol. The molecule has 10 heteroatoms. The Hall–Kier alpha value is -3.84. The van der Waals surface area contributed by atoms with Crippen LogP contribution in [0.5, 0.6) is 17.2 Å².